The molecule has 0 atom stereocenters. The largest absolute Gasteiger partial charge is 0.330 e. The van der Waals surface area contributed by atoms with E-state index in [4.69, 9.17) is 5.73 Å². The van der Waals surface area contributed by atoms with Crippen molar-refractivity contribution in [1.82, 2.24) is 5.48 Å². The highest BCUT2D eigenvalue weighted by Crippen LogP contribution is 1.80. The Morgan fingerprint density at radius 3 is 2.75 bits per heavy atom. The van der Waals surface area contributed by atoms with Gasteiger partial charge in [0, 0.05) is 6.54 Å². The van der Waals surface area contributed by atoms with E-state index in [1.165, 1.54) is 0 Å². The Hall–Kier alpha value is -0.120. The van der Waals surface area contributed by atoms with Crippen LogP contribution in [-0.2, 0) is 4.84 Å². The fourth-order valence-corrected chi connectivity index (χ4v) is 0.444. The van der Waals surface area contributed by atoms with Gasteiger partial charge < -0.3 is 10.6 Å². The van der Waals surface area contributed by atoms with Crippen molar-refractivity contribution in [3.05, 3.63) is 0 Å². The third kappa shape index (κ3) is 5.88. The van der Waals surface area contributed by atoms with Crippen molar-refractivity contribution in [2.24, 2.45) is 5.73 Å². The van der Waals surface area contributed by atoms with Crippen LogP contribution in [0.1, 0.15) is 12.8 Å². The molecule has 0 aromatic carbocycles. The zero-order chi connectivity index (χ0) is 6.24. The second-order valence-electron chi connectivity index (χ2n) is 1.59. The first kappa shape index (κ1) is 7.88. The molecule has 0 aliphatic heterocycles. The maximum absolute atomic E-state index is 5.24. The molecule has 0 aliphatic rings. The highest BCUT2D eigenvalue weighted by atomic mass is 16.6. The molecule has 3 N–H and O–H groups in total. The number of rotatable bonds is 5. The third-order valence-electron chi connectivity index (χ3n) is 0.877. The van der Waals surface area contributed by atoms with Gasteiger partial charge in [-0.2, -0.15) is 0 Å². The molecule has 8 heavy (non-hydrogen) atoms. The summed E-state index contributed by atoms with van der Waals surface area (Å²) in [5.41, 5.74) is 7.97. The van der Waals surface area contributed by atoms with Gasteiger partial charge in [0.25, 0.3) is 0 Å². The van der Waals surface area contributed by atoms with Gasteiger partial charge in [0.2, 0.25) is 0 Å². The second kappa shape index (κ2) is 6.88. The number of unbranched alkanes of at least 4 members (excludes halogenated alkanes) is 1. The van der Waals surface area contributed by atoms with Crippen LogP contribution in [0, 0.1) is 0 Å². The average molecular weight is 118 g/mol. The summed E-state index contributed by atoms with van der Waals surface area (Å²) in [4.78, 5) is 4.60. The topological polar surface area (TPSA) is 47.3 Å². The number of nitrogens with one attached hydrogen (secondary N) is 1. The molecule has 0 fully saturated rings. The van der Waals surface area contributed by atoms with E-state index in [1.807, 2.05) is 0 Å². The highest BCUT2D eigenvalue weighted by Gasteiger charge is 1.81. The van der Waals surface area contributed by atoms with E-state index >= 15 is 0 Å². The molecule has 0 radical (unpaired) electrons. The molecule has 0 aromatic heterocycles. The van der Waals surface area contributed by atoms with Gasteiger partial charge in [-0.1, -0.05) is 0 Å². The summed E-state index contributed by atoms with van der Waals surface area (Å²) in [6, 6.07) is 0. The van der Waals surface area contributed by atoms with Crippen LogP contribution in [-0.4, -0.2) is 20.2 Å². The maximum Gasteiger partial charge on any atom is 0.0572 e. The predicted octanol–water partition coefficient (Wildman–Crippen LogP) is -0.124. The van der Waals surface area contributed by atoms with E-state index in [9.17, 15) is 0 Å². The zero-order valence-electron chi connectivity index (χ0n) is 5.31. The van der Waals surface area contributed by atoms with Gasteiger partial charge in [-0.3, -0.25) is 0 Å². The molecular weight excluding hydrogens is 104 g/mol. The van der Waals surface area contributed by atoms with Crippen LogP contribution in [0.4, 0.5) is 0 Å². The minimum absolute atomic E-state index is 0.769. The standard InChI is InChI=1S/C5H14N2O/c1-8-7-5-3-2-4-6/h7H,2-6H2,1H3. The summed E-state index contributed by atoms with van der Waals surface area (Å²) in [7, 11) is 1.61. The van der Waals surface area contributed by atoms with Crippen molar-refractivity contribution in [2.75, 3.05) is 20.2 Å². The molecule has 0 aromatic rings. The molecule has 3 nitrogen and oxygen atoms in total. The average Bonchev–Trinajstić information content (AvgIpc) is 1.81. The summed E-state index contributed by atoms with van der Waals surface area (Å²) < 4.78 is 0. The molecule has 0 saturated heterocycles. The maximum atomic E-state index is 5.24. The van der Waals surface area contributed by atoms with Gasteiger partial charge in [-0.15, -0.1) is 0 Å². The van der Waals surface area contributed by atoms with Crippen molar-refractivity contribution in [1.29, 1.82) is 0 Å². The molecule has 0 bridgehead atoms. The van der Waals surface area contributed by atoms with Gasteiger partial charge in [0.15, 0.2) is 0 Å². The van der Waals surface area contributed by atoms with Gasteiger partial charge in [-0.05, 0) is 19.4 Å². The first-order valence-corrected chi connectivity index (χ1v) is 2.87. The van der Waals surface area contributed by atoms with E-state index in [1.54, 1.807) is 7.11 Å². The van der Waals surface area contributed by atoms with Gasteiger partial charge >= 0.3 is 0 Å². The smallest absolute Gasteiger partial charge is 0.0572 e. The molecule has 0 heterocycles. The molecule has 50 valence electrons. The molecule has 0 spiro atoms. The predicted molar refractivity (Wildman–Crippen MR) is 33.3 cm³/mol. The second-order valence-corrected chi connectivity index (χ2v) is 1.59. The van der Waals surface area contributed by atoms with Crippen LogP contribution in [0.25, 0.3) is 0 Å². The normalized spacial score (nSPS) is 9.75. The molecular formula is C5H14N2O. The summed E-state index contributed by atoms with van der Waals surface area (Å²) in [6.45, 7) is 1.67. The van der Waals surface area contributed by atoms with Crippen molar-refractivity contribution < 1.29 is 4.84 Å². The lowest BCUT2D eigenvalue weighted by molar-refractivity contribution is 0.0907. The lowest BCUT2D eigenvalue weighted by Gasteiger charge is -1.97. The number of hydrogen-bond donors (Lipinski definition) is 2. The van der Waals surface area contributed by atoms with Crippen LogP contribution in [0.3, 0.4) is 0 Å². The molecule has 0 aliphatic carbocycles. The monoisotopic (exact) mass is 118 g/mol. The summed E-state index contributed by atoms with van der Waals surface area (Å²) in [5, 5.41) is 0. The summed E-state index contributed by atoms with van der Waals surface area (Å²) >= 11 is 0. The lowest BCUT2D eigenvalue weighted by atomic mass is 10.3. The fraction of sp³-hybridized carbons (Fsp3) is 1.00. The Kier molecular flexibility index (Phi) is 6.78. The Balaban J connectivity index is 2.53. The first-order valence-electron chi connectivity index (χ1n) is 2.87. The van der Waals surface area contributed by atoms with Crippen molar-refractivity contribution in [3.8, 4) is 0 Å². The van der Waals surface area contributed by atoms with Crippen LogP contribution in [0.2, 0.25) is 0 Å². The molecule has 0 saturated carbocycles. The number of nitrogens with two attached hydrogens (primary N) is 1. The minimum atomic E-state index is 0.769. The first-order chi connectivity index (χ1) is 3.91. The van der Waals surface area contributed by atoms with E-state index < -0.39 is 0 Å². The SMILES string of the molecule is CONCCCCN. The van der Waals surface area contributed by atoms with Crippen molar-refractivity contribution in [3.63, 3.8) is 0 Å². The van der Waals surface area contributed by atoms with Crippen LogP contribution in [0.15, 0.2) is 0 Å². The summed E-state index contributed by atoms with van der Waals surface area (Å²) in [6.07, 6.45) is 2.15. The van der Waals surface area contributed by atoms with Gasteiger partial charge in [0.05, 0.1) is 7.11 Å². The number of hydrogen-bond acceptors (Lipinski definition) is 3. The molecule has 3 heteroatoms. The Bertz CT molecular complexity index is 35.4. The highest BCUT2D eigenvalue weighted by molar-refractivity contribution is 4.39. The quantitative estimate of drug-likeness (QED) is 0.390. The molecule has 0 amide bonds. The number of hydroxylamine groups is 1. The van der Waals surface area contributed by atoms with E-state index in [0.717, 1.165) is 25.9 Å². The Labute approximate surface area is 50.2 Å². The van der Waals surface area contributed by atoms with Crippen LogP contribution < -0.4 is 11.2 Å². The van der Waals surface area contributed by atoms with Crippen molar-refractivity contribution in [2.45, 2.75) is 12.8 Å². The fourth-order valence-electron chi connectivity index (χ4n) is 0.444. The zero-order valence-corrected chi connectivity index (χ0v) is 5.31. The van der Waals surface area contributed by atoms with E-state index in [0.29, 0.717) is 0 Å². The van der Waals surface area contributed by atoms with Crippen LogP contribution >= 0.6 is 0 Å². The molecule has 0 unspecified atom stereocenters. The third-order valence-corrected chi connectivity index (χ3v) is 0.877. The van der Waals surface area contributed by atoms with Gasteiger partial charge in [-0.25, -0.2) is 5.48 Å². The minimum Gasteiger partial charge on any atom is -0.330 e. The van der Waals surface area contributed by atoms with Gasteiger partial charge in [0.1, 0.15) is 0 Å². The lowest BCUT2D eigenvalue weighted by Crippen LogP contribution is -2.14. The molecule has 0 rings (SSSR count). The Morgan fingerprint density at radius 1 is 1.50 bits per heavy atom. The van der Waals surface area contributed by atoms with Crippen molar-refractivity contribution >= 4 is 0 Å². The van der Waals surface area contributed by atoms with Crippen LogP contribution in [0.5, 0.6) is 0 Å². The van der Waals surface area contributed by atoms with E-state index in [2.05, 4.69) is 10.3 Å². The van der Waals surface area contributed by atoms with E-state index in [-0.39, 0.29) is 0 Å². The Morgan fingerprint density at radius 2 is 2.25 bits per heavy atom. The summed E-state index contributed by atoms with van der Waals surface area (Å²) in [5.74, 6) is 0.